The summed E-state index contributed by atoms with van der Waals surface area (Å²) in [5, 5.41) is 4.33. The van der Waals surface area contributed by atoms with E-state index in [1.807, 2.05) is 29.2 Å². The fourth-order valence-corrected chi connectivity index (χ4v) is 4.25. The summed E-state index contributed by atoms with van der Waals surface area (Å²) in [7, 11) is 3.32. The zero-order valence-electron chi connectivity index (χ0n) is 19.1. The van der Waals surface area contributed by atoms with Gasteiger partial charge in [0.15, 0.2) is 0 Å². The first-order chi connectivity index (χ1) is 16.1. The van der Waals surface area contributed by atoms with Gasteiger partial charge in [0.1, 0.15) is 17.2 Å². The number of benzene rings is 2. The molecule has 1 saturated heterocycles. The van der Waals surface area contributed by atoms with Crippen molar-refractivity contribution in [1.29, 1.82) is 0 Å². The Morgan fingerprint density at radius 3 is 2.27 bits per heavy atom. The van der Waals surface area contributed by atoms with E-state index < -0.39 is 0 Å². The molecule has 0 bridgehead atoms. The van der Waals surface area contributed by atoms with Crippen molar-refractivity contribution in [3.63, 3.8) is 0 Å². The average molecular weight is 448 g/mol. The van der Waals surface area contributed by atoms with E-state index in [4.69, 9.17) is 9.47 Å². The van der Waals surface area contributed by atoms with Crippen molar-refractivity contribution < 1.29 is 14.3 Å². The third kappa shape index (κ3) is 5.42. The third-order valence-electron chi connectivity index (χ3n) is 6.17. The summed E-state index contributed by atoms with van der Waals surface area (Å²) in [5.74, 6) is 2.02. The lowest BCUT2D eigenvalue weighted by Crippen LogP contribution is -2.39. The van der Waals surface area contributed by atoms with E-state index in [0.29, 0.717) is 30.4 Å². The molecule has 1 aromatic heterocycles. The highest BCUT2D eigenvalue weighted by molar-refractivity contribution is 5.92. The third-order valence-corrected chi connectivity index (χ3v) is 6.17. The van der Waals surface area contributed by atoms with Crippen LogP contribution in [0.15, 0.2) is 65.5 Å². The highest BCUT2D eigenvalue weighted by Crippen LogP contribution is 2.27. The highest BCUT2D eigenvalue weighted by atomic mass is 16.5. The summed E-state index contributed by atoms with van der Waals surface area (Å²) >= 11 is 0. The molecule has 2 aromatic carbocycles. The van der Waals surface area contributed by atoms with Gasteiger partial charge in [-0.15, -0.1) is 0 Å². The lowest BCUT2D eigenvalue weighted by Gasteiger charge is -2.32. The molecular formula is C26H29N3O4. The van der Waals surface area contributed by atoms with E-state index in [-0.39, 0.29) is 11.5 Å². The Labute approximate surface area is 193 Å². The van der Waals surface area contributed by atoms with Gasteiger partial charge in [0, 0.05) is 25.2 Å². The summed E-state index contributed by atoms with van der Waals surface area (Å²) < 4.78 is 12.0. The van der Waals surface area contributed by atoms with Crippen molar-refractivity contribution in [2.75, 3.05) is 27.3 Å². The van der Waals surface area contributed by atoms with Crippen LogP contribution in [-0.4, -0.2) is 47.9 Å². The Morgan fingerprint density at radius 2 is 1.64 bits per heavy atom. The number of hydrogen-bond acceptors (Lipinski definition) is 5. The second-order valence-corrected chi connectivity index (χ2v) is 8.30. The number of methoxy groups -OCH3 is 2. The van der Waals surface area contributed by atoms with Crippen LogP contribution in [0.25, 0.3) is 5.69 Å². The number of rotatable bonds is 7. The van der Waals surface area contributed by atoms with Crippen LogP contribution in [0.2, 0.25) is 0 Å². The molecule has 0 saturated carbocycles. The van der Waals surface area contributed by atoms with Gasteiger partial charge in [0.2, 0.25) is 0 Å². The maximum absolute atomic E-state index is 13.0. The van der Waals surface area contributed by atoms with Crippen LogP contribution < -0.4 is 15.0 Å². The normalized spacial score (nSPS) is 14.2. The van der Waals surface area contributed by atoms with Crippen LogP contribution in [0, 0.1) is 5.92 Å². The Kier molecular flexibility index (Phi) is 7.07. The van der Waals surface area contributed by atoms with E-state index in [1.165, 1.54) is 22.4 Å². The van der Waals surface area contributed by atoms with Gasteiger partial charge in [-0.05, 0) is 67.5 Å². The van der Waals surface area contributed by atoms with E-state index in [9.17, 15) is 9.59 Å². The van der Waals surface area contributed by atoms with Crippen LogP contribution in [0.1, 0.15) is 35.3 Å². The molecule has 0 radical (unpaired) electrons. The summed E-state index contributed by atoms with van der Waals surface area (Å²) in [4.78, 5) is 27.1. The molecular weight excluding hydrogens is 418 g/mol. The second kappa shape index (κ2) is 10.3. The number of carbonyl (C=O) groups is 1. The minimum absolute atomic E-state index is 0.129. The molecule has 0 spiro atoms. The number of nitrogens with zero attached hydrogens (tertiary/aromatic N) is 3. The van der Waals surface area contributed by atoms with Gasteiger partial charge in [-0.25, -0.2) is 0 Å². The Balaban J connectivity index is 1.36. The number of hydrogen-bond donors (Lipinski definition) is 0. The molecule has 0 unspecified atom stereocenters. The fraction of sp³-hybridized carbons (Fsp3) is 0.346. The van der Waals surface area contributed by atoms with Gasteiger partial charge in [0.05, 0.1) is 19.9 Å². The number of carbonyl (C=O) groups excluding carboxylic acids is 1. The first-order valence-electron chi connectivity index (χ1n) is 11.2. The molecule has 0 N–H and O–H groups in total. The van der Waals surface area contributed by atoms with E-state index in [0.717, 1.165) is 37.2 Å². The van der Waals surface area contributed by atoms with Gasteiger partial charge in [-0.1, -0.05) is 18.2 Å². The van der Waals surface area contributed by atoms with Crippen LogP contribution in [-0.2, 0) is 6.42 Å². The van der Waals surface area contributed by atoms with E-state index >= 15 is 0 Å². The highest BCUT2D eigenvalue weighted by Gasteiger charge is 2.25. The largest absolute Gasteiger partial charge is 0.497 e. The predicted octanol–water partition coefficient (Wildman–Crippen LogP) is 3.73. The van der Waals surface area contributed by atoms with Gasteiger partial charge in [-0.2, -0.15) is 9.78 Å². The lowest BCUT2D eigenvalue weighted by atomic mass is 9.90. The monoisotopic (exact) mass is 447 g/mol. The molecule has 2 heterocycles. The minimum Gasteiger partial charge on any atom is -0.497 e. The molecule has 7 nitrogen and oxygen atoms in total. The fourth-order valence-electron chi connectivity index (χ4n) is 4.25. The first-order valence-corrected chi connectivity index (χ1v) is 11.2. The van der Waals surface area contributed by atoms with Crippen LogP contribution in [0.4, 0.5) is 0 Å². The summed E-state index contributed by atoms with van der Waals surface area (Å²) in [6, 6.07) is 18.0. The van der Waals surface area contributed by atoms with Crippen molar-refractivity contribution in [3.8, 4) is 17.2 Å². The number of piperidine rings is 1. The second-order valence-electron chi connectivity index (χ2n) is 8.30. The number of likely N-dealkylation sites (tertiary alicyclic amines) is 1. The molecule has 7 heteroatoms. The zero-order valence-corrected chi connectivity index (χ0v) is 19.1. The molecule has 0 aliphatic carbocycles. The molecule has 1 fully saturated rings. The first kappa shape index (κ1) is 22.6. The molecule has 0 atom stereocenters. The standard InChI is InChI=1S/C26H29N3O4/c1-32-22-16-20(17-23(18-22)33-2)9-8-19-12-14-28(15-13-19)26(31)24-10-11-25(30)29(27-24)21-6-4-3-5-7-21/h3-7,10-11,16-19H,8-9,12-15H2,1-2H3. The van der Waals surface area contributed by atoms with Crippen molar-refractivity contribution in [2.24, 2.45) is 5.92 Å². The van der Waals surface area contributed by atoms with Gasteiger partial charge in [-0.3, -0.25) is 9.59 Å². The Bertz CT molecular complexity index is 1130. The minimum atomic E-state index is -0.259. The number of aromatic nitrogens is 2. The zero-order chi connectivity index (χ0) is 23.2. The molecule has 33 heavy (non-hydrogen) atoms. The quantitative estimate of drug-likeness (QED) is 0.552. The maximum Gasteiger partial charge on any atom is 0.274 e. The summed E-state index contributed by atoms with van der Waals surface area (Å²) in [6.45, 7) is 1.38. The maximum atomic E-state index is 13.0. The van der Waals surface area contributed by atoms with E-state index in [1.54, 1.807) is 26.4 Å². The Morgan fingerprint density at radius 1 is 0.970 bits per heavy atom. The Hall–Kier alpha value is -3.61. The van der Waals surface area contributed by atoms with Crippen molar-refractivity contribution in [1.82, 2.24) is 14.7 Å². The van der Waals surface area contributed by atoms with Crippen molar-refractivity contribution >= 4 is 5.91 Å². The van der Waals surface area contributed by atoms with Gasteiger partial charge in [0.25, 0.3) is 11.5 Å². The number of amides is 1. The number of para-hydroxylation sites is 1. The number of aryl methyl sites for hydroxylation is 1. The number of ether oxygens (including phenoxy) is 2. The average Bonchev–Trinajstić information content (AvgIpc) is 2.88. The van der Waals surface area contributed by atoms with Crippen molar-refractivity contribution in [2.45, 2.75) is 25.7 Å². The van der Waals surface area contributed by atoms with Gasteiger partial charge < -0.3 is 14.4 Å². The molecule has 1 aliphatic rings. The van der Waals surface area contributed by atoms with Crippen LogP contribution >= 0.6 is 0 Å². The smallest absolute Gasteiger partial charge is 0.274 e. The molecule has 4 rings (SSSR count). The SMILES string of the molecule is COc1cc(CCC2CCN(C(=O)c3ccc(=O)n(-c4ccccc4)n3)CC2)cc(OC)c1. The van der Waals surface area contributed by atoms with Crippen LogP contribution in [0.5, 0.6) is 11.5 Å². The van der Waals surface area contributed by atoms with Crippen molar-refractivity contribution in [3.05, 3.63) is 82.3 Å². The lowest BCUT2D eigenvalue weighted by molar-refractivity contribution is 0.0679. The van der Waals surface area contributed by atoms with E-state index in [2.05, 4.69) is 17.2 Å². The van der Waals surface area contributed by atoms with Gasteiger partial charge >= 0.3 is 0 Å². The molecule has 3 aromatic rings. The topological polar surface area (TPSA) is 73.7 Å². The van der Waals surface area contributed by atoms with Crippen LogP contribution in [0.3, 0.4) is 0 Å². The predicted molar refractivity (Wildman–Crippen MR) is 126 cm³/mol. The molecule has 1 aliphatic heterocycles. The summed E-state index contributed by atoms with van der Waals surface area (Å²) in [5.41, 5.74) is 1.87. The molecule has 1 amide bonds. The summed E-state index contributed by atoms with van der Waals surface area (Å²) in [6.07, 6.45) is 3.89. The molecule has 172 valence electrons.